The summed E-state index contributed by atoms with van der Waals surface area (Å²) in [5.41, 5.74) is 1.02. The lowest BCUT2D eigenvalue weighted by Crippen LogP contribution is -2.27. The largest absolute Gasteiger partial charge is 0.433 e. The molecule has 31 heavy (non-hydrogen) atoms. The van der Waals surface area contributed by atoms with Gasteiger partial charge in [0.05, 0.1) is 12.3 Å². The highest BCUT2D eigenvalue weighted by atomic mass is 32.2. The number of methoxy groups -OCH3 is 1. The number of hydrogen-bond donors (Lipinski definition) is 0. The van der Waals surface area contributed by atoms with Crippen LogP contribution in [-0.4, -0.2) is 25.6 Å². The first-order valence-electron chi connectivity index (χ1n) is 9.62. The van der Waals surface area contributed by atoms with E-state index >= 15 is 0 Å². The molecular weight excluding hydrogens is 419 g/mol. The molecule has 0 unspecified atom stereocenters. The molecule has 3 rings (SSSR count). The van der Waals surface area contributed by atoms with Gasteiger partial charge in [0.25, 0.3) is 0 Å². The zero-order valence-electron chi connectivity index (χ0n) is 17.2. The van der Waals surface area contributed by atoms with Crippen LogP contribution in [0.1, 0.15) is 11.1 Å². The van der Waals surface area contributed by atoms with Gasteiger partial charge in [0.1, 0.15) is 0 Å². The van der Waals surface area contributed by atoms with E-state index in [1.165, 1.54) is 18.9 Å². The van der Waals surface area contributed by atoms with Crippen molar-refractivity contribution in [3.63, 3.8) is 0 Å². The Balaban J connectivity index is 2.24. The molecule has 0 amide bonds. The second kappa shape index (κ2) is 10.5. The van der Waals surface area contributed by atoms with Gasteiger partial charge in [-0.25, -0.2) is 4.99 Å². The van der Waals surface area contributed by atoms with Gasteiger partial charge in [0.2, 0.25) is 0 Å². The van der Waals surface area contributed by atoms with Crippen LogP contribution in [0.15, 0.2) is 100 Å². The molecule has 0 heterocycles. The molecule has 0 spiro atoms. The van der Waals surface area contributed by atoms with Crippen LogP contribution >= 0.6 is 11.8 Å². The lowest BCUT2D eigenvalue weighted by Gasteiger charge is -2.19. The van der Waals surface area contributed by atoms with Crippen molar-refractivity contribution in [1.29, 1.82) is 0 Å². The van der Waals surface area contributed by atoms with E-state index in [2.05, 4.69) is 4.99 Å². The van der Waals surface area contributed by atoms with Crippen LogP contribution in [0, 0.1) is 6.92 Å². The molecule has 3 aromatic carbocycles. The smallest absolute Gasteiger partial charge is 0.380 e. The summed E-state index contributed by atoms with van der Waals surface area (Å²) in [4.78, 5) is 5.28. The van der Waals surface area contributed by atoms with Crippen LogP contribution in [0.5, 0.6) is 0 Å². The standard InChI is InChI=1S/C25H22F3NOS/c1-18-13-15-21(16-14-18)31-23(19-9-5-3-6-10-19)22(17-30-2)24(25(26,27)28)29-20-11-7-4-8-12-20/h3-16H,17H2,1-2H3/b23-22-,29-24?. The number of aryl methyl sites for hydroxylation is 1. The molecule has 0 N–H and O–H groups in total. The normalized spacial score (nSPS) is 13.1. The summed E-state index contributed by atoms with van der Waals surface area (Å²) in [7, 11) is 1.38. The maximum atomic E-state index is 14.2. The quantitative estimate of drug-likeness (QED) is 0.280. The Morgan fingerprint density at radius 3 is 2.00 bits per heavy atom. The SMILES string of the molecule is COC/C(C(=Nc1ccccc1)C(F)(F)F)=C(/Sc1ccc(C)cc1)c1ccccc1. The average molecular weight is 442 g/mol. The van der Waals surface area contributed by atoms with Crippen molar-refractivity contribution in [2.24, 2.45) is 4.99 Å². The first-order chi connectivity index (χ1) is 14.9. The molecule has 0 aliphatic rings. The minimum atomic E-state index is -4.66. The van der Waals surface area contributed by atoms with Gasteiger partial charge in [-0.15, -0.1) is 0 Å². The molecule has 0 saturated carbocycles. The van der Waals surface area contributed by atoms with Crippen molar-refractivity contribution in [3.8, 4) is 0 Å². The van der Waals surface area contributed by atoms with Gasteiger partial charge in [0.15, 0.2) is 5.71 Å². The number of halogens is 3. The second-order valence-corrected chi connectivity index (χ2v) is 7.90. The summed E-state index contributed by atoms with van der Waals surface area (Å²) in [5.74, 6) is 0. The molecule has 0 bridgehead atoms. The fourth-order valence-electron chi connectivity index (χ4n) is 2.93. The summed E-state index contributed by atoms with van der Waals surface area (Å²) < 4.78 is 47.9. The first kappa shape index (κ1) is 22.8. The Bertz CT molecular complexity index is 1040. The van der Waals surface area contributed by atoms with Crippen LogP contribution < -0.4 is 0 Å². The number of rotatable bonds is 7. The summed E-state index contributed by atoms with van der Waals surface area (Å²) in [6, 6.07) is 24.8. The number of hydrogen-bond acceptors (Lipinski definition) is 3. The van der Waals surface area contributed by atoms with Gasteiger partial charge in [-0.05, 0) is 36.8 Å². The van der Waals surface area contributed by atoms with Gasteiger partial charge in [0, 0.05) is 22.5 Å². The highest BCUT2D eigenvalue weighted by molar-refractivity contribution is 8.08. The third-order valence-corrected chi connectivity index (χ3v) is 5.59. The Hall–Kier alpha value is -2.83. The van der Waals surface area contributed by atoms with Crippen LogP contribution in [0.2, 0.25) is 0 Å². The Morgan fingerprint density at radius 1 is 0.871 bits per heavy atom. The van der Waals surface area contributed by atoms with E-state index in [-0.39, 0.29) is 17.9 Å². The van der Waals surface area contributed by atoms with Gasteiger partial charge < -0.3 is 4.74 Å². The molecule has 0 aliphatic carbocycles. The molecule has 160 valence electrons. The molecule has 0 fully saturated rings. The van der Waals surface area contributed by atoms with Crippen molar-refractivity contribution in [2.45, 2.75) is 18.0 Å². The number of para-hydroxylation sites is 1. The maximum absolute atomic E-state index is 14.2. The van der Waals surface area contributed by atoms with Gasteiger partial charge in [-0.3, -0.25) is 0 Å². The Labute approximate surface area is 184 Å². The second-order valence-electron chi connectivity index (χ2n) is 6.82. The molecule has 3 aromatic rings. The van der Waals surface area contributed by atoms with E-state index in [0.717, 1.165) is 10.5 Å². The van der Waals surface area contributed by atoms with E-state index in [1.54, 1.807) is 54.6 Å². The summed E-state index contributed by atoms with van der Waals surface area (Å²) in [5, 5.41) is 0. The predicted molar refractivity (Wildman–Crippen MR) is 122 cm³/mol. The summed E-state index contributed by atoms with van der Waals surface area (Å²) in [6.07, 6.45) is -4.66. The molecule has 0 atom stereocenters. The molecule has 0 radical (unpaired) electrons. The Kier molecular flexibility index (Phi) is 7.71. The van der Waals surface area contributed by atoms with E-state index in [1.807, 2.05) is 37.3 Å². The monoisotopic (exact) mass is 441 g/mol. The van der Waals surface area contributed by atoms with Crippen molar-refractivity contribution in [1.82, 2.24) is 0 Å². The molecule has 0 saturated heterocycles. The number of nitrogens with zero attached hydrogens (tertiary/aromatic N) is 1. The number of ether oxygens (including phenoxy) is 1. The molecule has 6 heteroatoms. The highest BCUT2D eigenvalue weighted by Gasteiger charge is 2.39. The lowest BCUT2D eigenvalue weighted by atomic mass is 10.1. The van der Waals surface area contributed by atoms with Crippen molar-refractivity contribution in [2.75, 3.05) is 13.7 Å². The topological polar surface area (TPSA) is 21.6 Å². The van der Waals surface area contributed by atoms with E-state index in [4.69, 9.17) is 4.74 Å². The molecule has 0 aromatic heterocycles. The van der Waals surface area contributed by atoms with E-state index < -0.39 is 11.9 Å². The Morgan fingerprint density at radius 2 is 1.45 bits per heavy atom. The number of thioether (sulfide) groups is 1. The number of benzene rings is 3. The highest BCUT2D eigenvalue weighted by Crippen LogP contribution is 2.40. The summed E-state index contributed by atoms with van der Waals surface area (Å²) >= 11 is 1.27. The van der Waals surface area contributed by atoms with Crippen molar-refractivity contribution < 1.29 is 17.9 Å². The number of aliphatic imine (C=N–C) groups is 1. The van der Waals surface area contributed by atoms with Crippen LogP contribution in [0.4, 0.5) is 18.9 Å². The van der Waals surface area contributed by atoms with Gasteiger partial charge in [-0.2, -0.15) is 13.2 Å². The average Bonchev–Trinajstić information content (AvgIpc) is 2.77. The number of alkyl halides is 3. The van der Waals surface area contributed by atoms with Crippen molar-refractivity contribution in [3.05, 3.63) is 102 Å². The van der Waals surface area contributed by atoms with Crippen LogP contribution in [-0.2, 0) is 4.74 Å². The van der Waals surface area contributed by atoms with Crippen molar-refractivity contribution >= 4 is 28.1 Å². The minimum absolute atomic E-state index is 0.00405. The van der Waals surface area contributed by atoms with E-state index in [0.29, 0.717) is 10.5 Å². The zero-order valence-corrected chi connectivity index (χ0v) is 18.0. The fourth-order valence-corrected chi connectivity index (χ4v) is 3.97. The maximum Gasteiger partial charge on any atom is 0.433 e. The molecule has 0 aliphatic heterocycles. The molecular formula is C25H22F3NOS. The zero-order chi connectivity index (χ0) is 22.3. The van der Waals surface area contributed by atoms with Crippen LogP contribution in [0.3, 0.4) is 0 Å². The molecule has 2 nitrogen and oxygen atoms in total. The lowest BCUT2D eigenvalue weighted by molar-refractivity contribution is -0.0586. The summed E-state index contributed by atoms with van der Waals surface area (Å²) in [6.45, 7) is 1.74. The van der Waals surface area contributed by atoms with Gasteiger partial charge in [-0.1, -0.05) is 78.0 Å². The van der Waals surface area contributed by atoms with E-state index in [9.17, 15) is 13.2 Å². The van der Waals surface area contributed by atoms with Crippen LogP contribution in [0.25, 0.3) is 4.91 Å². The third-order valence-electron chi connectivity index (χ3n) is 4.39. The first-order valence-corrected chi connectivity index (χ1v) is 10.4. The van der Waals surface area contributed by atoms with Gasteiger partial charge >= 0.3 is 6.18 Å². The fraction of sp³-hybridized carbons (Fsp3) is 0.160. The minimum Gasteiger partial charge on any atom is -0.380 e. The predicted octanol–water partition coefficient (Wildman–Crippen LogP) is 7.48. The third kappa shape index (κ3) is 6.32.